The van der Waals surface area contributed by atoms with Gasteiger partial charge in [-0.2, -0.15) is 0 Å². The first-order valence-electron chi connectivity index (χ1n) is 3.78. The van der Waals surface area contributed by atoms with Crippen LogP contribution in [0.5, 0.6) is 0 Å². The van der Waals surface area contributed by atoms with Crippen LogP contribution < -0.4 is 5.73 Å². The number of hydrogen-bond donors (Lipinski definition) is 0. The van der Waals surface area contributed by atoms with Gasteiger partial charge in [0.15, 0.2) is 0 Å². The van der Waals surface area contributed by atoms with Crippen LogP contribution in [0.3, 0.4) is 0 Å². The highest BCUT2D eigenvalue weighted by atomic mass is 16.2. The molecule has 1 unspecified atom stereocenters. The van der Waals surface area contributed by atoms with Crippen molar-refractivity contribution >= 4 is 6.03 Å². The van der Waals surface area contributed by atoms with E-state index < -0.39 is 6.03 Å². The minimum Gasteiger partial charge on any atom is -0.322 e. The van der Waals surface area contributed by atoms with Gasteiger partial charge in [-0.05, 0) is 20.5 Å². The van der Waals surface area contributed by atoms with Crippen LogP contribution in [0.2, 0.25) is 0 Å². The first kappa shape index (κ1) is 8.33. The monoisotopic (exact) mass is 156 g/mol. The minimum absolute atomic E-state index is 0.448. The maximum Gasteiger partial charge on any atom is 0.336 e. The van der Waals surface area contributed by atoms with Crippen LogP contribution in [-0.2, 0) is 0 Å². The maximum absolute atomic E-state index is 10.6. The molecule has 0 bridgehead atoms. The molecule has 1 fully saturated rings. The topological polar surface area (TPSA) is 47.4 Å². The standard InChI is InChI=1S/C7H14N3O/c1-9(2)6-3-4-10(5-6)7(8)11/h6,8H,3-5H2,1-2H3. The van der Waals surface area contributed by atoms with Gasteiger partial charge in [-0.1, -0.05) is 0 Å². The summed E-state index contributed by atoms with van der Waals surface area (Å²) in [7, 11) is 4.01. The molecule has 1 aliphatic heterocycles. The van der Waals surface area contributed by atoms with E-state index in [0.717, 1.165) is 19.5 Å². The van der Waals surface area contributed by atoms with Gasteiger partial charge in [0.1, 0.15) is 0 Å². The lowest BCUT2D eigenvalue weighted by Crippen LogP contribution is -2.34. The Morgan fingerprint density at radius 2 is 2.27 bits per heavy atom. The van der Waals surface area contributed by atoms with Crippen LogP contribution in [0.15, 0.2) is 0 Å². The molecular weight excluding hydrogens is 142 g/mol. The van der Waals surface area contributed by atoms with E-state index in [9.17, 15) is 4.79 Å². The van der Waals surface area contributed by atoms with Crippen molar-refractivity contribution in [3.05, 3.63) is 0 Å². The average molecular weight is 156 g/mol. The van der Waals surface area contributed by atoms with Gasteiger partial charge in [0.2, 0.25) is 0 Å². The number of carbonyl (C=O) groups excluding carboxylic acids is 1. The highest BCUT2D eigenvalue weighted by Gasteiger charge is 2.25. The number of amides is 2. The Balaban J connectivity index is 2.41. The van der Waals surface area contributed by atoms with Crippen molar-refractivity contribution in [3.63, 3.8) is 0 Å². The van der Waals surface area contributed by atoms with Crippen LogP contribution in [0.4, 0.5) is 4.79 Å². The lowest BCUT2D eigenvalue weighted by molar-refractivity contribution is 0.211. The van der Waals surface area contributed by atoms with Crippen LogP contribution in [0.25, 0.3) is 0 Å². The van der Waals surface area contributed by atoms with Gasteiger partial charge >= 0.3 is 6.03 Å². The number of nitrogens with zero attached hydrogens (tertiary/aromatic N) is 2. The molecule has 11 heavy (non-hydrogen) atoms. The fourth-order valence-corrected chi connectivity index (χ4v) is 1.35. The summed E-state index contributed by atoms with van der Waals surface area (Å²) in [5.74, 6) is 0. The van der Waals surface area contributed by atoms with Crippen molar-refractivity contribution in [2.75, 3.05) is 27.2 Å². The fourth-order valence-electron chi connectivity index (χ4n) is 1.35. The van der Waals surface area contributed by atoms with Gasteiger partial charge in [-0.3, -0.25) is 0 Å². The molecule has 0 aromatic rings. The predicted molar refractivity (Wildman–Crippen MR) is 42.2 cm³/mol. The van der Waals surface area contributed by atoms with E-state index in [1.165, 1.54) is 0 Å². The van der Waals surface area contributed by atoms with Gasteiger partial charge in [0, 0.05) is 19.1 Å². The van der Waals surface area contributed by atoms with Gasteiger partial charge in [-0.15, -0.1) is 0 Å². The number of urea groups is 1. The molecule has 1 heterocycles. The summed E-state index contributed by atoms with van der Waals surface area (Å²) in [6.07, 6.45) is 0.998. The molecule has 4 nitrogen and oxygen atoms in total. The molecule has 0 spiro atoms. The second-order valence-electron chi connectivity index (χ2n) is 3.16. The summed E-state index contributed by atoms with van der Waals surface area (Å²) in [5, 5.41) is 0. The van der Waals surface area contributed by atoms with E-state index in [0.29, 0.717) is 6.04 Å². The van der Waals surface area contributed by atoms with E-state index in [2.05, 4.69) is 4.90 Å². The predicted octanol–water partition coefficient (Wildman–Crippen LogP) is 0.0252. The third-order valence-corrected chi connectivity index (χ3v) is 2.18. The van der Waals surface area contributed by atoms with Crippen molar-refractivity contribution in [3.8, 4) is 0 Å². The summed E-state index contributed by atoms with van der Waals surface area (Å²) in [6.45, 7) is 1.46. The van der Waals surface area contributed by atoms with E-state index in [1.807, 2.05) is 14.1 Å². The summed E-state index contributed by atoms with van der Waals surface area (Å²) in [5.41, 5.74) is 6.87. The third kappa shape index (κ3) is 1.83. The number of likely N-dealkylation sites (N-methyl/N-ethyl adjacent to an activating group) is 1. The second-order valence-corrected chi connectivity index (χ2v) is 3.16. The Bertz CT molecular complexity index is 158. The lowest BCUT2D eigenvalue weighted by Gasteiger charge is -2.18. The first-order chi connectivity index (χ1) is 5.11. The molecule has 1 radical (unpaired) electrons. The molecule has 0 aromatic carbocycles. The van der Waals surface area contributed by atoms with Crippen molar-refractivity contribution in [1.82, 2.24) is 15.5 Å². The van der Waals surface area contributed by atoms with Crippen molar-refractivity contribution in [1.29, 1.82) is 0 Å². The van der Waals surface area contributed by atoms with E-state index in [-0.39, 0.29) is 0 Å². The molecular formula is C7H14N3O. The number of hydrogen-bond acceptors (Lipinski definition) is 2. The smallest absolute Gasteiger partial charge is 0.322 e. The molecule has 4 heteroatoms. The van der Waals surface area contributed by atoms with Gasteiger partial charge in [-0.25, -0.2) is 10.5 Å². The van der Waals surface area contributed by atoms with E-state index in [4.69, 9.17) is 5.73 Å². The largest absolute Gasteiger partial charge is 0.336 e. The quantitative estimate of drug-likeness (QED) is 0.537. The van der Waals surface area contributed by atoms with Gasteiger partial charge in [0.25, 0.3) is 0 Å². The zero-order valence-corrected chi connectivity index (χ0v) is 7.00. The van der Waals surface area contributed by atoms with E-state index in [1.54, 1.807) is 4.90 Å². The fraction of sp³-hybridized carbons (Fsp3) is 0.857. The van der Waals surface area contributed by atoms with E-state index >= 15 is 0 Å². The molecule has 1 N–H and O–H groups in total. The normalized spacial score (nSPS) is 24.6. The zero-order chi connectivity index (χ0) is 8.43. The summed E-state index contributed by atoms with van der Waals surface area (Å²) in [6, 6.07) is -0.0985. The number of nitrogens with one attached hydrogen (secondary N) is 1. The van der Waals surface area contributed by atoms with Crippen molar-refractivity contribution in [2.24, 2.45) is 0 Å². The highest BCUT2D eigenvalue weighted by molar-refractivity contribution is 5.71. The van der Waals surface area contributed by atoms with Gasteiger partial charge in [0.05, 0.1) is 0 Å². The Kier molecular flexibility index (Phi) is 2.34. The van der Waals surface area contributed by atoms with Crippen LogP contribution in [0, 0.1) is 0 Å². The number of likely N-dealkylation sites (tertiary alicyclic amines) is 1. The lowest BCUT2D eigenvalue weighted by atomic mass is 10.2. The number of carbonyl (C=O) groups is 1. The van der Waals surface area contributed by atoms with Gasteiger partial charge < -0.3 is 9.80 Å². The highest BCUT2D eigenvalue weighted by Crippen LogP contribution is 2.12. The van der Waals surface area contributed by atoms with Crippen LogP contribution in [-0.4, -0.2) is 49.1 Å². The average Bonchev–Trinajstić information content (AvgIpc) is 2.33. The molecule has 0 aromatic heterocycles. The maximum atomic E-state index is 10.6. The Hall–Kier alpha value is -0.770. The summed E-state index contributed by atoms with van der Waals surface area (Å²) < 4.78 is 0. The Morgan fingerprint density at radius 1 is 1.64 bits per heavy atom. The van der Waals surface area contributed by atoms with Crippen molar-refractivity contribution in [2.45, 2.75) is 12.5 Å². The zero-order valence-electron chi connectivity index (χ0n) is 7.00. The number of rotatable bonds is 1. The SMILES string of the molecule is CN(C)C1CCN(C([NH])=O)C1. The molecule has 0 saturated carbocycles. The molecule has 63 valence electrons. The van der Waals surface area contributed by atoms with Crippen molar-refractivity contribution < 1.29 is 4.79 Å². The first-order valence-corrected chi connectivity index (χ1v) is 3.78. The molecule has 2 amide bonds. The Labute approximate surface area is 66.9 Å². The molecule has 1 aliphatic rings. The minimum atomic E-state index is -0.547. The van der Waals surface area contributed by atoms with Crippen LogP contribution >= 0.6 is 0 Å². The summed E-state index contributed by atoms with van der Waals surface area (Å²) >= 11 is 0. The molecule has 1 atom stereocenters. The van der Waals surface area contributed by atoms with Crippen LogP contribution in [0.1, 0.15) is 6.42 Å². The molecule has 1 saturated heterocycles. The Morgan fingerprint density at radius 3 is 2.55 bits per heavy atom. The summed E-state index contributed by atoms with van der Waals surface area (Å²) in [4.78, 5) is 14.3. The molecule has 1 rings (SSSR count). The second kappa shape index (κ2) is 3.09. The third-order valence-electron chi connectivity index (χ3n) is 2.18. The molecule has 0 aliphatic carbocycles.